The highest BCUT2D eigenvalue weighted by molar-refractivity contribution is 6.31. The summed E-state index contributed by atoms with van der Waals surface area (Å²) in [5, 5.41) is 3.80. The number of H-pyrrole nitrogens is 1. The molecule has 0 aliphatic heterocycles. The van der Waals surface area contributed by atoms with Crippen molar-refractivity contribution in [2.24, 2.45) is 0 Å². The summed E-state index contributed by atoms with van der Waals surface area (Å²) in [5.74, 6) is -1.55. The summed E-state index contributed by atoms with van der Waals surface area (Å²) in [6.45, 7) is 6.02. The molecule has 3 rings (SSSR count). The van der Waals surface area contributed by atoms with Crippen LogP contribution in [0.15, 0.2) is 36.5 Å². The number of aromatic amines is 1. The largest absolute Gasteiger partial charge is 0.450 e. The van der Waals surface area contributed by atoms with E-state index < -0.39 is 17.5 Å². The van der Waals surface area contributed by atoms with Crippen LogP contribution in [0.25, 0.3) is 10.9 Å². The molecule has 29 heavy (non-hydrogen) atoms. The molecule has 1 amide bonds. The van der Waals surface area contributed by atoms with E-state index in [4.69, 9.17) is 16.3 Å². The summed E-state index contributed by atoms with van der Waals surface area (Å²) in [5.41, 5.74) is 0.696. The molecule has 0 unspecified atom stereocenters. The summed E-state index contributed by atoms with van der Waals surface area (Å²) in [4.78, 5) is 44.4. The Bertz CT molecular complexity index is 1130. The highest BCUT2D eigenvalue weighted by atomic mass is 35.5. The van der Waals surface area contributed by atoms with Crippen LogP contribution in [0.3, 0.4) is 0 Å². The average molecular weight is 414 g/mol. The van der Waals surface area contributed by atoms with Crippen molar-refractivity contribution in [1.29, 1.82) is 0 Å². The molecule has 0 aliphatic carbocycles. The van der Waals surface area contributed by atoms with Crippen molar-refractivity contribution in [2.75, 3.05) is 5.32 Å². The molecule has 7 nitrogen and oxygen atoms in total. The van der Waals surface area contributed by atoms with Gasteiger partial charge in [-0.25, -0.2) is 0 Å². The van der Waals surface area contributed by atoms with Gasteiger partial charge in [0.25, 0.3) is 5.91 Å². The molecule has 3 aromatic rings. The molecule has 150 valence electrons. The van der Waals surface area contributed by atoms with Gasteiger partial charge in [-0.2, -0.15) is 0 Å². The number of fused-ring (bicyclic) bond motifs is 1. The van der Waals surface area contributed by atoms with Gasteiger partial charge in [0, 0.05) is 29.0 Å². The molecular weight excluding hydrogens is 394 g/mol. The first-order valence-corrected chi connectivity index (χ1v) is 9.26. The van der Waals surface area contributed by atoms with Crippen LogP contribution in [-0.2, 0) is 14.3 Å². The minimum atomic E-state index is -1.43. The number of hydrogen-bond donors (Lipinski definition) is 2. The number of pyridine rings is 1. The first kappa shape index (κ1) is 20.5. The lowest BCUT2D eigenvalue weighted by Crippen LogP contribution is -2.41. The van der Waals surface area contributed by atoms with Crippen LogP contribution in [0.4, 0.5) is 5.69 Å². The molecule has 0 atom stereocenters. The molecule has 2 N–H and O–H groups in total. The van der Waals surface area contributed by atoms with Gasteiger partial charge in [0.15, 0.2) is 5.60 Å². The van der Waals surface area contributed by atoms with Crippen LogP contribution in [0.2, 0.25) is 5.02 Å². The Kier molecular flexibility index (Phi) is 5.44. The number of benzene rings is 1. The Balaban J connectivity index is 2.09. The van der Waals surface area contributed by atoms with Gasteiger partial charge in [-0.05, 0) is 56.7 Å². The van der Waals surface area contributed by atoms with E-state index in [0.717, 1.165) is 5.56 Å². The highest BCUT2D eigenvalue weighted by Crippen LogP contribution is 2.32. The molecule has 0 radical (unpaired) electrons. The van der Waals surface area contributed by atoms with Crippen molar-refractivity contribution < 1.29 is 19.1 Å². The predicted molar refractivity (Wildman–Crippen MR) is 110 cm³/mol. The van der Waals surface area contributed by atoms with Gasteiger partial charge in [-0.15, -0.1) is 0 Å². The van der Waals surface area contributed by atoms with Gasteiger partial charge in [0.05, 0.1) is 5.69 Å². The summed E-state index contributed by atoms with van der Waals surface area (Å²) in [7, 11) is 0. The lowest BCUT2D eigenvalue weighted by Gasteiger charge is -2.23. The highest BCUT2D eigenvalue weighted by Gasteiger charge is 2.33. The number of nitrogens with one attached hydrogen (secondary N) is 2. The van der Waals surface area contributed by atoms with Crippen molar-refractivity contribution in [2.45, 2.75) is 33.3 Å². The maximum absolute atomic E-state index is 13.1. The molecule has 0 fully saturated rings. The smallest absolute Gasteiger partial charge is 0.303 e. The Morgan fingerprint density at radius 3 is 2.55 bits per heavy atom. The zero-order valence-corrected chi connectivity index (χ0v) is 17.2. The van der Waals surface area contributed by atoms with Gasteiger partial charge in [-0.3, -0.25) is 19.4 Å². The monoisotopic (exact) mass is 413 g/mol. The van der Waals surface area contributed by atoms with Crippen LogP contribution < -0.4 is 5.32 Å². The number of amides is 1. The molecule has 2 aromatic heterocycles. The van der Waals surface area contributed by atoms with Crippen LogP contribution >= 0.6 is 11.6 Å². The average Bonchev–Trinajstić information content (AvgIpc) is 2.97. The number of ketones is 1. The van der Waals surface area contributed by atoms with E-state index >= 15 is 0 Å². The van der Waals surface area contributed by atoms with E-state index in [2.05, 4.69) is 15.3 Å². The van der Waals surface area contributed by atoms with Gasteiger partial charge in [0.2, 0.25) is 5.78 Å². The molecule has 0 spiro atoms. The number of nitrogens with zero attached hydrogens (tertiary/aromatic N) is 1. The Morgan fingerprint density at radius 1 is 1.17 bits per heavy atom. The van der Waals surface area contributed by atoms with Gasteiger partial charge in [0.1, 0.15) is 11.4 Å². The van der Waals surface area contributed by atoms with Gasteiger partial charge < -0.3 is 15.0 Å². The van der Waals surface area contributed by atoms with Crippen molar-refractivity contribution in [1.82, 2.24) is 9.97 Å². The summed E-state index contributed by atoms with van der Waals surface area (Å²) < 4.78 is 5.10. The van der Waals surface area contributed by atoms with Crippen LogP contribution in [0.1, 0.15) is 42.5 Å². The topological polar surface area (TPSA) is 101 Å². The van der Waals surface area contributed by atoms with E-state index in [-0.39, 0.29) is 22.9 Å². The normalized spacial score (nSPS) is 11.3. The number of ether oxygens (including phenoxy) is 1. The third-order valence-corrected chi connectivity index (χ3v) is 4.56. The number of anilines is 1. The van der Waals surface area contributed by atoms with Crippen LogP contribution in [-0.4, -0.2) is 33.2 Å². The molecule has 8 heteroatoms. The maximum Gasteiger partial charge on any atom is 0.303 e. The zero-order chi connectivity index (χ0) is 21.3. The summed E-state index contributed by atoms with van der Waals surface area (Å²) in [6.07, 6.45) is 1.55. The summed E-state index contributed by atoms with van der Waals surface area (Å²) >= 11 is 6.07. The van der Waals surface area contributed by atoms with Crippen molar-refractivity contribution in [3.63, 3.8) is 0 Å². The second-order valence-corrected chi connectivity index (χ2v) is 7.61. The Labute approximate surface area is 172 Å². The standard InChI is InChI=1S/C21H20ClN3O4/c1-11-7-8-23-16(9-11)19(27)18-17(14-6-5-13(22)10-15(14)24-18)25-20(28)21(3,4)29-12(2)26/h5-10,24H,1-4H3,(H,25,28). The number of aromatic nitrogens is 2. The van der Waals surface area contributed by atoms with Crippen molar-refractivity contribution >= 4 is 45.9 Å². The predicted octanol–water partition coefficient (Wildman–Crippen LogP) is 4.04. The molecule has 0 aliphatic rings. The fourth-order valence-corrected chi connectivity index (χ4v) is 3.10. The maximum atomic E-state index is 13.1. The number of aryl methyl sites for hydroxylation is 1. The third kappa shape index (κ3) is 4.30. The summed E-state index contributed by atoms with van der Waals surface area (Å²) in [6, 6.07) is 8.46. The number of esters is 1. The number of carbonyl (C=O) groups excluding carboxylic acids is 3. The minimum absolute atomic E-state index is 0.160. The fourth-order valence-electron chi connectivity index (χ4n) is 2.93. The van der Waals surface area contributed by atoms with E-state index in [1.807, 2.05) is 6.92 Å². The van der Waals surface area contributed by atoms with E-state index in [9.17, 15) is 14.4 Å². The third-order valence-electron chi connectivity index (χ3n) is 4.32. The zero-order valence-electron chi connectivity index (χ0n) is 16.4. The first-order chi connectivity index (χ1) is 13.6. The van der Waals surface area contributed by atoms with Gasteiger partial charge >= 0.3 is 5.97 Å². The molecular formula is C21H20ClN3O4. The lowest BCUT2D eigenvalue weighted by molar-refractivity contribution is -0.160. The lowest BCUT2D eigenvalue weighted by atomic mass is 10.1. The fraction of sp³-hybridized carbons (Fsp3) is 0.238. The van der Waals surface area contributed by atoms with Crippen molar-refractivity contribution in [3.05, 3.63) is 58.5 Å². The number of carbonyl (C=O) groups is 3. The van der Waals surface area contributed by atoms with Crippen LogP contribution in [0.5, 0.6) is 0 Å². The Morgan fingerprint density at radius 2 is 1.90 bits per heavy atom. The van der Waals surface area contributed by atoms with E-state index in [1.54, 1.807) is 36.5 Å². The second-order valence-electron chi connectivity index (χ2n) is 7.17. The molecule has 2 heterocycles. The van der Waals surface area contributed by atoms with E-state index in [1.165, 1.54) is 20.8 Å². The first-order valence-electron chi connectivity index (χ1n) is 8.88. The van der Waals surface area contributed by atoms with Crippen LogP contribution in [0, 0.1) is 6.92 Å². The molecule has 0 saturated carbocycles. The van der Waals surface area contributed by atoms with Crippen molar-refractivity contribution in [3.8, 4) is 0 Å². The minimum Gasteiger partial charge on any atom is -0.450 e. The Hall–Kier alpha value is -3.19. The molecule has 0 bridgehead atoms. The second kappa shape index (κ2) is 7.67. The van der Waals surface area contributed by atoms with E-state index in [0.29, 0.717) is 15.9 Å². The van der Waals surface area contributed by atoms with Gasteiger partial charge in [-0.1, -0.05) is 11.6 Å². The quantitative estimate of drug-likeness (QED) is 0.485. The number of hydrogen-bond acceptors (Lipinski definition) is 5. The number of halogens is 1. The molecule has 0 saturated heterocycles. The molecule has 1 aromatic carbocycles. The SMILES string of the molecule is CC(=O)OC(C)(C)C(=O)Nc1c(C(=O)c2cc(C)ccn2)[nH]c2cc(Cl)ccc12. The number of rotatable bonds is 5.